The van der Waals surface area contributed by atoms with Gasteiger partial charge in [-0.05, 0) is 36.5 Å². The fraction of sp³-hybridized carbons (Fsp3) is 0.533. The van der Waals surface area contributed by atoms with Crippen molar-refractivity contribution < 1.29 is 13.2 Å². The number of carbonyl (C=O) groups is 1. The molecule has 1 aliphatic carbocycles. The SMILES string of the molecule is NS(=O)(=O)c1ccc(CCC(=O)NCCC2CCC2)cc1. The van der Waals surface area contributed by atoms with Gasteiger partial charge in [-0.15, -0.1) is 0 Å². The minimum atomic E-state index is -3.65. The Morgan fingerprint density at radius 2 is 1.90 bits per heavy atom. The summed E-state index contributed by atoms with van der Waals surface area (Å²) in [5.74, 6) is 0.848. The zero-order valence-electron chi connectivity index (χ0n) is 12.0. The summed E-state index contributed by atoms with van der Waals surface area (Å²) in [7, 11) is -3.65. The van der Waals surface area contributed by atoms with Gasteiger partial charge in [0, 0.05) is 13.0 Å². The summed E-state index contributed by atoms with van der Waals surface area (Å²) in [6.07, 6.45) is 6.01. The third kappa shape index (κ3) is 5.13. The second-order valence-electron chi connectivity index (χ2n) is 5.62. The maximum absolute atomic E-state index is 11.7. The predicted molar refractivity (Wildman–Crippen MR) is 81.1 cm³/mol. The van der Waals surface area contributed by atoms with Crippen molar-refractivity contribution in [2.24, 2.45) is 11.1 Å². The zero-order chi connectivity index (χ0) is 15.3. The molecule has 1 saturated carbocycles. The number of nitrogens with one attached hydrogen (secondary N) is 1. The normalized spacial score (nSPS) is 15.5. The van der Waals surface area contributed by atoms with E-state index in [2.05, 4.69) is 5.32 Å². The largest absolute Gasteiger partial charge is 0.356 e. The first-order chi connectivity index (χ1) is 9.95. The van der Waals surface area contributed by atoms with E-state index in [1.807, 2.05) is 0 Å². The van der Waals surface area contributed by atoms with E-state index in [-0.39, 0.29) is 10.8 Å². The monoisotopic (exact) mass is 310 g/mol. The zero-order valence-corrected chi connectivity index (χ0v) is 12.9. The van der Waals surface area contributed by atoms with Gasteiger partial charge in [0.15, 0.2) is 0 Å². The number of sulfonamides is 1. The molecule has 1 amide bonds. The molecule has 0 aromatic heterocycles. The fourth-order valence-electron chi connectivity index (χ4n) is 2.39. The lowest BCUT2D eigenvalue weighted by Crippen LogP contribution is -2.27. The number of primary sulfonamides is 1. The second kappa shape index (κ2) is 7.04. The highest BCUT2D eigenvalue weighted by molar-refractivity contribution is 7.89. The lowest BCUT2D eigenvalue weighted by Gasteiger charge is -2.25. The maximum atomic E-state index is 11.7. The van der Waals surface area contributed by atoms with Gasteiger partial charge in [-0.3, -0.25) is 4.79 Å². The fourth-order valence-corrected chi connectivity index (χ4v) is 2.90. The summed E-state index contributed by atoms with van der Waals surface area (Å²) in [6, 6.07) is 6.33. The summed E-state index contributed by atoms with van der Waals surface area (Å²) >= 11 is 0. The molecule has 0 heterocycles. The van der Waals surface area contributed by atoms with Gasteiger partial charge < -0.3 is 5.32 Å². The molecule has 116 valence electrons. The van der Waals surface area contributed by atoms with E-state index in [1.165, 1.54) is 31.4 Å². The van der Waals surface area contributed by atoms with Crippen molar-refractivity contribution in [3.8, 4) is 0 Å². The van der Waals surface area contributed by atoms with Gasteiger partial charge >= 0.3 is 0 Å². The molecule has 0 spiro atoms. The number of rotatable bonds is 7. The highest BCUT2D eigenvalue weighted by Gasteiger charge is 2.16. The molecule has 0 radical (unpaired) electrons. The van der Waals surface area contributed by atoms with Crippen LogP contribution in [0.15, 0.2) is 29.2 Å². The van der Waals surface area contributed by atoms with E-state index in [4.69, 9.17) is 5.14 Å². The first kappa shape index (κ1) is 16.0. The number of carbonyl (C=O) groups excluding carboxylic acids is 1. The van der Waals surface area contributed by atoms with Crippen LogP contribution in [-0.4, -0.2) is 20.9 Å². The van der Waals surface area contributed by atoms with Crippen LogP contribution in [0.5, 0.6) is 0 Å². The molecule has 2 rings (SSSR count). The first-order valence-corrected chi connectivity index (χ1v) is 8.88. The van der Waals surface area contributed by atoms with Gasteiger partial charge in [-0.2, -0.15) is 0 Å². The Morgan fingerprint density at radius 1 is 1.24 bits per heavy atom. The molecule has 1 aromatic carbocycles. The minimum absolute atomic E-state index is 0.0462. The lowest BCUT2D eigenvalue weighted by atomic mass is 9.83. The molecule has 3 N–H and O–H groups in total. The van der Waals surface area contributed by atoms with Crippen molar-refractivity contribution in [1.82, 2.24) is 5.32 Å². The van der Waals surface area contributed by atoms with Gasteiger partial charge in [0.05, 0.1) is 4.90 Å². The van der Waals surface area contributed by atoms with E-state index in [0.717, 1.165) is 24.4 Å². The molecule has 0 aliphatic heterocycles. The van der Waals surface area contributed by atoms with E-state index in [1.54, 1.807) is 12.1 Å². The Labute approximate surface area is 126 Å². The number of hydrogen-bond donors (Lipinski definition) is 2. The Balaban J connectivity index is 1.70. The molecule has 21 heavy (non-hydrogen) atoms. The number of aryl methyl sites for hydroxylation is 1. The van der Waals surface area contributed by atoms with Crippen molar-refractivity contribution in [1.29, 1.82) is 0 Å². The van der Waals surface area contributed by atoms with Gasteiger partial charge in [0.1, 0.15) is 0 Å². The van der Waals surface area contributed by atoms with Crippen LogP contribution in [0.4, 0.5) is 0 Å². The first-order valence-electron chi connectivity index (χ1n) is 7.33. The number of benzene rings is 1. The molecule has 1 aromatic rings. The Hall–Kier alpha value is -1.40. The van der Waals surface area contributed by atoms with E-state index in [9.17, 15) is 13.2 Å². The van der Waals surface area contributed by atoms with Crippen LogP contribution in [0.1, 0.15) is 37.7 Å². The van der Waals surface area contributed by atoms with Crippen LogP contribution in [-0.2, 0) is 21.2 Å². The molecule has 1 fully saturated rings. The average molecular weight is 310 g/mol. The van der Waals surface area contributed by atoms with Crippen LogP contribution >= 0.6 is 0 Å². The number of hydrogen-bond acceptors (Lipinski definition) is 3. The molecule has 0 atom stereocenters. The standard InChI is InChI=1S/C15H22N2O3S/c16-21(19,20)14-7-4-13(5-8-14)6-9-15(18)17-11-10-12-2-1-3-12/h4-5,7-8,12H,1-3,6,9-11H2,(H,17,18)(H2,16,19,20). The van der Waals surface area contributed by atoms with Crippen molar-refractivity contribution in [3.05, 3.63) is 29.8 Å². The summed E-state index contributed by atoms with van der Waals surface area (Å²) in [6.45, 7) is 0.758. The molecule has 0 unspecified atom stereocenters. The highest BCUT2D eigenvalue weighted by atomic mass is 32.2. The highest BCUT2D eigenvalue weighted by Crippen LogP contribution is 2.28. The van der Waals surface area contributed by atoms with Crippen LogP contribution in [0.2, 0.25) is 0 Å². The molecule has 0 saturated heterocycles. The van der Waals surface area contributed by atoms with Crippen molar-refractivity contribution in [2.75, 3.05) is 6.54 Å². The molecule has 6 heteroatoms. The summed E-state index contributed by atoms with van der Waals surface area (Å²) in [5, 5.41) is 7.97. The third-order valence-electron chi connectivity index (χ3n) is 3.99. The van der Waals surface area contributed by atoms with Crippen LogP contribution in [0.25, 0.3) is 0 Å². The lowest BCUT2D eigenvalue weighted by molar-refractivity contribution is -0.121. The van der Waals surface area contributed by atoms with E-state index in [0.29, 0.717) is 12.8 Å². The van der Waals surface area contributed by atoms with Gasteiger partial charge in [0.2, 0.25) is 15.9 Å². The predicted octanol–water partition coefficient (Wildman–Crippen LogP) is 1.57. The quantitative estimate of drug-likeness (QED) is 0.801. The van der Waals surface area contributed by atoms with Crippen LogP contribution in [0, 0.1) is 5.92 Å². The maximum Gasteiger partial charge on any atom is 0.238 e. The smallest absolute Gasteiger partial charge is 0.238 e. The molecule has 0 bridgehead atoms. The van der Waals surface area contributed by atoms with E-state index < -0.39 is 10.0 Å². The second-order valence-corrected chi connectivity index (χ2v) is 7.19. The molecular formula is C15H22N2O3S. The van der Waals surface area contributed by atoms with Gasteiger partial charge in [-0.25, -0.2) is 13.6 Å². The van der Waals surface area contributed by atoms with Crippen LogP contribution in [0.3, 0.4) is 0 Å². The molecule has 5 nitrogen and oxygen atoms in total. The Bertz CT molecular complexity index is 577. The van der Waals surface area contributed by atoms with E-state index >= 15 is 0 Å². The number of amides is 1. The Kier molecular flexibility index (Phi) is 5.36. The number of nitrogens with two attached hydrogens (primary N) is 1. The van der Waals surface area contributed by atoms with Crippen molar-refractivity contribution in [2.45, 2.75) is 43.4 Å². The average Bonchev–Trinajstić information content (AvgIpc) is 2.39. The Morgan fingerprint density at radius 3 is 2.43 bits per heavy atom. The van der Waals surface area contributed by atoms with Gasteiger partial charge in [0.25, 0.3) is 0 Å². The van der Waals surface area contributed by atoms with Crippen LogP contribution < -0.4 is 10.5 Å². The minimum Gasteiger partial charge on any atom is -0.356 e. The molecule has 1 aliphatic rings. The summed E-state index contributed by atoms with van der Waals surface area (Å²) < 4.78 is 22.3. The third-order valence-corrected chi connectivity index (χ3v) is 4.92. The van der Waals surface area contributed by atoms with Crippen molar-refractivity contribution in [3.63, 3.8) is 0 Å². The summed E-state index contributed by atoms with van der Waals surface area (Å²) in [5.41, 5.74) is 0.927. The van der Waals surface area contributed by atoms with Gasteiger partial charge in [-0.1, -0.05) is 31.4 Å². The van der Waals surface area contributed by atoms with Crippen molar-refractivity contribution >= 4 is 15.9 Å². The topological polar surface area (TPSA) is 89.3 Å². The summed E-state index contributed by atoms with van der Waals surface area (Å²) in [4.78, 5) is 11.8. The molecular weight excluding hydrogens is 288 g/mol.